The van der Waals surface area contributed by atoms with Crippen LogP contribution in [0.4, 0.5) is 20.4 Å². The van der Waals surface area contributed by atoms with Gasteiger partial charge in [-0.15, -0.1) is 0 Å². The zero-order valence-corrected chi connectivity index (χ0v) is 8.49. The zero-order valence-electron chi connectivity index (χ0n) is 8.49. The zero-order chi connectivity index (χ0) is 11.8. The maximum absolute atomic E-state index is 11.7. The molecule has 0 saturated heterocycles. The number of hydrogen-bond acceptors (Lipinski definition) is 6. The van der Waals surface area contributed by atoms with Crippen LogP contribution in [0.3, 0.4) is 0 Å². The van der Waals surface area contributed by atoms with Crippen molar-refractivity contribution < 1.29 is 13.5 Å². The normalized spacial score (nSPS) is 10.5. The van der Waals surface area contributed by atoms with Gasteiger partial charge in [0.25, 0.3) is 6.43 Å². The summed E-state index contributed by atoms with van der Waals surface area (Å²) in [6.07, 6.45) is 0.511. The molecular formula is C8H13F2N5O. The number of hydrazine groups is 1. The van der Waals surface area contributed by atoms with Crippen molar-refractivity contribution >= 4 is 11.6 Å². The van der Waals surface area contributed by atoms with Crippen molar-refractivity contribution in [1.82, 2.24) is 9.97 Å². The first-order chi connectivity index (χ1) is 7.72. The molecule has 4 N–H and O–H groups in total. The highest BCUT2D eigenvalue weighted by Gasteiger charge is 2.01. The number of anilines is 2. The minimum atomic E-state index is -2.44. The van der Waals surface area contributed by atoms with Gasteiger partial charge >= 0.3 is 0 Å². The van der Waals surface area contributed by atoms with E-state index in [1.165, 1.54) is 12.4 Å². The smallest absolute Gasteiger partial charge is 0.261 e. The summed E-state index contributed by atoms with van der Waals surface area (Å²) in [6, 6.07) is 0. The first-order valence-corrected chi connectivity index (χ1v) is 4.61. The van der Waals surface area contributed by atoms with Crippen LogP contribution in [-0.4, -0.2) is 36.2 Å². The van der Waals surface area contributed by atoms with Crippen LogP contribution in [0, 0.1) is 0 Å². The third-order valence-corrected chi connectivity index (χ3v) is 1.58. The molecule has 1 rings (SSSR count). The molecule has 1 aromatic rings. The summed E-state index contributed by atoms with van der Waals surface area (Å²) in [5.41, 5.74) is 2.34. The molecule has 0 spiro atoms. The summed E-state index contributed by atoms with van der Waals surface area (Å²) in [6.45, 7) is -0.0144. The van der Waals surface area contributed by atoms with E-state index in [4.69, 9.17) is 5.84 Å². The van der Waals surface area contributed by atoms with E-state index in [9.17, 15) is 8.78 Å². The summed E-state index contributed by atoms with van der Waals surface area (Å²) >= 11 is 0. The van der Waals surface area contributed by atoms with Gasteiger partial charge in [-0.3, -0.25) is 4.98 Å². The van der Waals surface area contributed by atoms with Gasteiger partial charge in [0.05, 0.1) is 19.0 Å². The fraction of sp³-hybridized carbons (Fsp3) is 0.500. The van der Waals surface area contributed by atoms with Gasteiger partial charge in [-0.1, -0.05) is 0 Å². The lowest BCUT2D eigenvalue weighted by Gasteiger charge is -2.07. The summed E-state index contributed by atoms with van der Waals surface area (Å²) in [5.74, 6) is 6.05. The number of nitrogens with zero attached hydrogens (tertiary/aromatic N) is 2. The minimum Gasteiger partial charge on any atom is -0.374 e. The Bertz CT molecular complexity index is 312. The molecule has 16 heavy (non-hydrogen) atoms. The number of nitrogens with two attached hydrogens (primary N) is 1. The molecule has 0 unspecified atom stereocenters. The van der Waals surface area contributed by atoms with Gasteiger partial charge in [0.1, 0.15) is 12.4 Å². The van der Waals surface area contributed by atoms with Crippen molar-refractivity contribution in [2.24, 2.45) is 5.84 Å². The molecule has 6 nitrogen and oxygen atoms in total. The summed E-state index contributed by atoms with van der Waals surface area (Å²) in [5, 5.41) is 2.85. The second-order valence-electron chi connectivity index (χ2n) is 2.83. The summed E-state index contributed by atoms with van der Waals surface area (Å²) < 4.78 is 28.1. The fourth-order valence-corrected chi connectivity index (χ4v) is 0.944. The topological polar surface area (TPSA) is 85.1 Å². The van der Waals surface area contributed by atoms with Crippen LogP contribution in [0.1, 0.15) is 0 Å². The monoisotopic (exact) mass is 233 g/mol. The number of halogens is 2. The maximum Gasteiger partial charge on any atom is 0.261 e. The van der Waals surface area contributed by atoms with Gasteiger partial charge in [0, 0.05) is 6.54 Å². The van der Waals surface area contributed by atoms with Crippen LogP contribution in [0.2, 0.25) is 0 Å². The molecule has 0 fully saturated rings. The van der Waals surface area contributed by atoms with Gasteiger partial charge in [-0.2, -0.15) is 0 Å². The van der Waals surface area contributed by atoms with Gasteiger partial charge < -0.3 is 15.5 Å². The Morgan fingerprint density at radius 1 is 1.38 bits per heavy atom. The molecule has 0 aliphatic carbocycles. The molecule has 0 aliphatic heterocycles. The van der Waals surface area contributed by atoms with E-state index in [2.05, 4.69) is 25.4 Å². The van der Waals surface area contributed by atoms with Crippen molar-refractivity contribution in [1.29, 1.82) is 0 Å². The highest BCUT2D eigenvalue weighted by Crippen LogP contribution is 2.04. The molecule has 0 bridgehead atoms. The fourth-order valence-electron chi connectivity index (χ4n) is 0.944. The SMILES string of the molecule is NNc1cncc(NCCOCC(F)F)n1. The van der Waals surface area contributed by atoms with Gasteiger partial charge in [-0.05, 0) is 0 Å². The van der Waals surface area contributed by atoms with Crippen LogP contribution >= 0.6 is 0 Å². The first-order valence-electron chi connectivity index (χ1n) is 4.61. The van der Waals surface area contributed by atoms with Crippen molar-refractivity contribution in [2.75, 3.05) is 30.5 Å². The van der Waals surface area contributed by atoms with Crippen molar-refractivity contribution in [3.8, 4) is 0 Å². The Balaban J connectivity index is 2.21. The van der Waals surface area contributed by atoms with Gasteiger partial charge in [0.2, 0.25) is 0 Å². The van der Waals surface area contributed by atoms with Crippen molar-refractivity contribution in [3.63, 3.8) is 0 Å². The number of aromatic nitrogens is 2. The molecule has 0 aromatic carbocycles. The Morgan fingerprint density at radius 2 is 2.12 bits per heavy atom. The summed E-state index contributed by atoms with van der Waals surface area (Å²) in [4.78, 5) is 7.86. The largest absolute Gasteiger partial charge is 0.374 e. The predicted molar refractivity (Wildman–Crippen MR) is 55.2 cm³/mol. The molecule has 0 saturated carbocycles. The maximum atomic E-state index is 11.7. The third-order valence-electron chi connectivity index (χ3n) is 1.58. The molecule has 1 aromatic heterocycles. The molecule has 90 valence electrons. The number of nitrogens with one attached hydrogen (secondary N) is 2. The van der Waals surface area contributed by atoms with Gasteiger partial charge in [0.15, 0.2) is 5.82 Å². The third kappa shape index (κ3) is 4.80. The Hall–Kier alpha value is -1.54. The minimum absolute atomic E-state index is 0.173. The molecule has 0 radical (unpaired) electrons. The molecule has 0 aliphatic rings. The lowest BCUT2D eigenvalue weighted by Crippen LogP contribution is -2.15. The standard InChI is InChI=1S/C8H13F2N5O/c9-6(10)5-16-2-1-13-7-3-12-4-8(14-7)15-11/h3-4,6H,1-2,5,11H2,(H2,13,14,15). The second-order valence-corrected chi connectivity index (χ2v) is 2.83. The molecule has 0 atom stereocenters. The van der Waals surface area contributed by atoms with Crippen molar-refractivity contribution in [3.05, 3.63) is 12.4 Å². The first kappa shape index (κ1) is 12.5. The Morgan fingerprint density at radius 3 is 2.81 bits per heavy atom. The summed E-state index contributed by atoms with van der Waals surface area (Å²) in [7, 11) is 0. The van der Waals surface area contributed by atoms with E-state index >= 15 is 0 Å². The Kier molecular flexibility index (Phi) is 5.37. The number of alkyl halides is 2. The molecule has 1 heterocycles. The lowest BCUT2D eigenvalue weighted by molar-refractivity contribution is 0.0215. The second kappa shape index (κ2) is 6.85. The van der Waals surface area contributed by atoms with E-state index in [-0.39, 0.29) is 6.61 Å². The van der Waals surface area contributed by atoms with E-state index in [0.717, 1.165) is 0 Å². The highest BCUT2D eigenvalue weighted by molar-refractivity contribution is 5.40. The number of hydrogen-bond donors (Lipinski definition) is 3. The number of nitrogen functional groups attached to an aromatic ring is 1. The Labute approximate surface area is 91.2 Å². The van der Waals surface area contributed by atoms with Gasteiger partial charge in [-0.25, -0.2) is 19.6 Å². The quantitative estimate of drug-likeness (QED) is 0.360. The number of ether oxygens (including phenoxy) is 1. The lowest BCUT2D eigenvalue weighted by atomic mass is 10.6. The molecule has 8 heteroatoms. The van der Waals surface area contributed by atoms with E-state index in [0.29, 0.717) is 18.2 Å². The van der Waals surface area contributed by atoms with Crippen molar-refractivity contribution in [2.45, 2.75) is 6.43 Å². The van der Waals surface area contributed by atoms with Crippen LogP contribution in [0.15, 0.2) is 12.4 Å². The van der Waals surface area contributed by atoms with Crippen LogP contribution < -0.4 is 16.6 Å². The molecular weight excluding hydrogens is 220 g/mol. The predicted octanol–water partition coefficient (Wildman–Crippen LogP) is 0.456. The van der Waals surface area contributed by atoms with Crippen LogP contribution in [0.5, 0.6) is 0 Å². The van der Waals surface area contributed by atoms with E-state index in [1.54, 1.807) is 0 Å². The average molecular weight is 233 g/mol. The number of rotatable bonds is 7. The molecule has 0 amide bonds. The average Bonchev–Trinajstić information content (AvgIpc) is 2.28. The van der Waals surface area contributed by atoms with Crippen LogP contribution in [-0.2, 0) is 4.74 Å². The van der Waals surface area contributed by atoms with E-state index in [1.807, 2.05) is 0 Å². The van der Waals surface area contributed by atoms with E-state index < -0.39 is 13.0 Å². The highest BCUT2D eigenvalue weighted by atomic mass is 19.3. The van der Waals surface area contributed by atoms with Crippen LogP contribution in [0.25, 0.3) is 0 Å².